The van der Waals surface area contributed by atoms with E-state index in [0.29, 0.717) is 11.6 Å². The van der Waals surface area contributed by atoms with E-state index in [1.54, 1.807) is 4.90 Å². The molecule has 3 aromatic rings. The van der Waals surface area contributed by atoms with Crippen molar-refractivity contribution in [1.82, 2.24) is 5.43 Å². The molecule has 0 radical (unpaired) electrons. The second-order valence-corrected chi connectivity index (χ2v) is 8.79. The summed E-state index contributed by atoms with van der Waals surface area (Å²) in [5.74, 6) is -0.0299. The molecular formula is C23H18ClN3OS. The zero-order chi connectivity index (χ0) is 20.0. The van der Waals surface area contributed by atoms with Gasteiger partial charge in [0.15, 0.2) is 0 Å². The molecule has 1 spiro atoms. The summed E-state index contributed by atoms with van der Waals surface area (Å²) < 4.78 is 0. The van der Waals surface area contributed by atoms with Gasteiger partial charge in [-0.1, -0.05) is 89.6 Å². The minimum atomic E-state index is -0.951. The minimum Gasteiger partial charge on any atom is -0.304 e. The van der Waals surface area contributed by atoms with Crippen molar-refractivity contribution in [1.29, 1.82) is 0 Å². The third kappa shape index (κ3) is 2.93. The van der Waals surface area contributed by atoms with Gasteiger partial charge in [-0.15, -0.1) is 0 Å². The lowest BCUT2D eigenvalue weighted by Gasteiger charge is -2.23. The lowest BCUT2D eigenvalue weighted by atomic mass is 10.1. The summed E-state index contributed by atoms with van der Waals surface area (Å²) in [5, 5.41) is 6.00. The quantitative estimate of drug-likeness (QED) is 0.646. The van der Waals surface area contributed by atoms with Crippen molar-refractivity contribution >= 4 is 40.0 Å². The Morgan fingerprint density at radius 2 is 1.83 bits per heavy atom. The first kappa shape index (κ1) is 18.3. The normalized spacial score (nSPS) is 20.0. The fourth-order valence-electron chi connectivity index (χ4n) is 3.77. The van der Waals surface area contributed by atoms with Gasteiger partial charge in [-0.3, -0.25) is 10.2 Å². The first-order chi connectivity index (χ1) is 14.1. The average molecular weight is 420 g/mol. The Morgan fingerprint density at radius 3 is 2.62 bits per heavy atom. The van der Waals surface area contributed by atoms with Gasteiger partial charge in [0.05, 0.1) is 12.2 Å². The molecule has 1 unspecified atom stereocenters. The van der Waals surface area contributed by atoms with E-state index in [2.05, 4.69) is 16.6 Å². The Labute approximate surface area is 178 Å². The Morgan fingerprint density at radius 1 is 1.07 bits per heavy atom. The maximum Gasteiger partial charge on any atom is 0.270 e. The highest BCUT2D eigenvalue weighted by Crippen LogP contribution is 2.51. The Hall–Kier alpha value is -2.76. The third-order valence-corrected chi connectivity index (χ3v) is 6.92. The average Bonchev–Trinajstić information content (AvgIpc) is 3.28. The number of halogens is 1. The number of carbonyl (C=O) groups is 1. The number of thioether (sulfide) groups is 1. The number of hydrogen-bond donors (Lipinski definition) is 1. The number of nitrogens with zero attached hydrogens (tertiary/aromatic N) is 2. The minimum absolute atomic E-state index is 0.0299. The second kappa shape index (κ2) is 6.94. The van der Waals surface area contributed by atoms with Crippen LogP contribution in [0.15, 0.2) is 77.9 Å². The van der Waals surface area contributed by atoms with Crippen LogP contribution in [-0.2, 0) is 16.2 Å². The number of hydrazone groups is 1. The molecule has 2 aliphatic heterocycles. The molecule has 5 rings (SSSR count). The van der Waals surface area contributed by atoms with Crippen LogP contribution in [0, 0.1) is 6.92 Å². The van der Waals surface area contributed by atoms with Gasteiger partial charge < -0.3 is 4.90 Å². The number of fused-ring (bicyclic) bond motifs is 2. The van der Waals surface area contributed by atoms with Gasteiger partial charge in [-0.25, -0.2) is 0 Å². The molecule has 0 fully saturated rings. The van der Waals surface area contributed by atoms with Crippen LogP contribution in [0.2, 0.25) is 5.02 Å². The van der Waals surface area contributed by atoms with E-state index in [-0.39, 0.29) is 5.91 Å². The van der Waals surface area contributed by atoms with E-state index in [1.807, 2.05) is 73.7 Å². The number of rotatable bonds is 3. The molecule has 144 valence electrons. The van der Waals surface area contributed by atoms with Gasteiger partial charge in [-0.2, -0.15) is 5.10 Å². The predicted octanol–water partition coefficient (Wildman–Crippen LogP) is 5.05. The van der Waals surface area contributed by atoms with Crippen LogP contribution in [0.5, 0.6) is 0 Å². The molecule has 0 saturated carbocycles. The molecule has 3 aromatic carbocycles. The van der Waals surface area contributed by atoms with Gasteiger partial charge in [0.1, 0.15) is 5.04 Å². The zero-order valence-electron chi connectivity index (χ0n) is 15.7. The number of aryl methyl sites for hydroxylation is 1. The highest BCUT2D eigenvalue weighted by atomic mass is 35.5. The lowest BCUT2D eigenvalue weighted by molar-refractivity contribution is -0.121. The van der Waals surface area contributed by atoms with E-state index in [4.69, 9.17) is 11.6 Å². The highest BCUT2D eigenvalue weighted by Gasteiger charge is 2.55. The molecule has 29 heavy (non-hydrogen) atoms. The monoisotopic (exact) mass is 419 g/mol. The van der Waals surface area contributed by atoms with Crippen LogP contribution in [0.1, 0.15) is 22.3 Å². The first-order valence-corrected chi connectivity index (χ1v) is 10.5. The molecule has 0 aliphatic carbocycles. The molecule has 2 aliphatic rings. The predicted molar refractivity (Wildman–Crippen MR) is 119 cm³/mol. The van der Waals surface area contributed by atoms with E-state index in [1.165, 1.54) is 11.8 Å². The molecule has 0 bridgehead atoms. The Bertz CT molecular complexity index is 1150. The van der Waals surface area contributed by atoms with Gasteiger partial charge in [0, 0.05) is 16.1 Å². The molecule has 1 amide bonds. The van der Waals surface area contributed by atoms with Crippen LogP contribution in [0.4, 0.5) is 5.69 Å². The highest BCUT2D eigenvalue weighted by molar-refractivity contribution is 8.16. The number of anilines is 1. The van der Waals surface area contributed by atoms with Crippen molar-refractivity contribution < 1.29 is 4.79 Å². The molecule has 4 nitrogen and oxygen atoms in total. The molecule has 0 saturated heterocycles. The fourth-order valence-corrected chi connectivity index (χ4v) is 5.16. The van der Waals surface area contributed by atoms with Crippen molar-refractivity contribution in [3.8, 4) is 0 Å². The molecular weight excluding hydrogens is 402 g/mol. The summed E-state index contributed by atoms with van der Waals surface area (Å²) in [6.07, 6.45) is 0. The lowest BCUT2D eigenvalue weighted by Crippen LogP contribution is -2.44. The van der Waals surface area contributed by atoms with Crippen molar-refractivity contribution in [3.63, 3.8) is 0 Å². The van der Waals surface area contributed by atoms with Gasteiger partial charge in [-0.05, 0) is 24.6 Å². The van der Waals surface area contributed by atoms with E-state index in [9.17, 15) is 4.79 Å². The summed E-state index contributed by atoms with van der Waals surface area (Å²) in [6.45, 7) is 2.45. The van der Waals surface area contributed by atoms with Crippen LogP contribution in [-0.4, -0.2) is 11.0 Å². The first-order valence-electron chi connectivity index (χ1n) is 9.34. The number of benzene rings is 3. The second-order valence-electron chi connectivity index (χ2n) is 7.18. The smallest absolute Gasteiger partial charge is 0.270 e. The maximum absolute atomic E-state index is 13.7. The number of carbonyl (C=O) groups excluding carboxylic acids is 1. The molecule has 6 heteroatoms. The number of amides is 1. The number of hydrogen-bond acceptors (Lipinski definition) is 4. The van der Waals surface area contributed by atoms with E-state index in [0.717, 1.165) is 33.0 Å². The maximum atomic E-state index is 13.7. The summed E-state index contributed by atoms with van der Waals surface area (Å²) >= 11 is 7.84. The number of nitrogens with one attached hydrogen (secondary N) is 1. The van der Waals surface area contributed by atoms with Crippen LogP contribution < -0.4 is 10.3 Å². The molecule has 2 heterocycles. The van der Waals surface area contributed by atoms with Crippen molar-refractivity contribution in [3.05, 3.63) is 100 Å². The van der Waals surface area contributed by atoms with Crippen LogP contribution in [0.25, 0.3) is 0 Å². The van der Waals surface area contributed by atoms with E-state index < -0.39 is 4.87 Å². The SMILES string of the molecule is Cc1ccc2c(c1)C1(NN=C(c3ccccc3)S1)C(=O)N2Cc1ccccc1Cl. The van der Waals surface area contributed by atoms with E-state index >= 15 is 0 Å². The van der Waals surface area contributed by atoms with Crippen molar-refractivity contribution in [2.45, 2.75) is 18.3 Å². The summed E-state index contributed by atoms with van der Waals surface area (Å²) in [5.41, 5.74) is 8.02. The molecule has 1 atom stereocenters. The summed E-state index contributed by atoms with van der Waals surface area (Å²) in [4.78, 5) is 14.6. The topological polar surface area (TPSA) is 44.7 Å². The third-order valence-electron chi connectivity index (χ3n) is 5.24. The molecule has 1 N–H and O–H groups in total. The van der Waals surface area contributed by atoms with Crippen LogP contribution in [0.3, 0.4) is 0 Å². The van der Waals surface area contributed by atoms with Crippen molar-refractivity contribution in [2.24, 2.45) is 5.10 Å². The zero-order valence-corrected chi connectivity index (χ0v) is 17.3. The standard InChI is InChI=1S/C23H18ClN3OS/c1-15-11-12-20-18(13-15)23(26-25-21(29-23)16-7-3-2-4-8-16)22(28)27(20)14-17-9-5-6-10-19(17)24/h2-13,26H,14H2,1H3. The van der Waals surface area contributed by atoms with Crippen LogP contribution >= 0.6 is 23.4 Å². The molecule has 0 aromatic heterocycles. The Balaban J connectivity index is 1.56. The van der Waals surface area contributed by atoms with Gasteiger partial charge >= 0.3 is 0 Å². The largest absolute Gasteiger partial charge is 0.304 e. The summed E-state index contributed by atoms with van der Waals surface area (Å²) in [7, 11) is 0. The van der Waals surface area contributed by atoms with Gasteiger partial charge in [0.25, 0.3) is 5.91 Å². The van der Waals surface area contributed by atoms with Crippen molar-refractivity contribution in [2.75, 3.05) is 4.90 Å². The fraction of sp³-hybridized carbons (Fsp3) is 0.130. The Kier molecular flexibility index (Phi) is 4.37. The summed E-state index contributed by atoms with van der Waals surface area (Å²) in [6, 6.07) is 23.7. The van der Waals surface area contributed by atoms with Gasteiger partial charge in [0.2, 0.25) is 4.87 Å².